The van der Waals surface area contributed by atoms with Gasteiger partial charge >= 0.3 is 0 Å². The first-order chi connectivity index (χ1) is 12.3. The van der Waals surface area contributed by atoms with E-state index in [9.17, 15) is 4.79 Å². The van der Waals surface area contributed by atoms with E-state index < -0.39 is 0 Å². The van der Waals surface area contributed by atoms with Crippen LogP contribution >= 0.6 is 0 Å². The van der Waals surface area contributed by atoms with Crippen molar-refractivity contribution >= 4 is 17.2 Å². The molecule has 6 heteroatoms. The first kappa shape index (κ1) is 15.5. The molecule has 6 nitrogen and oxygen atoms in total. The summed E-state index contributed by atoms with van der Waals surface area (Å²) in [4.78, 5) is 21.4. The molecule has 25 heavy (non-hydrogen) atoms. The molecule has 1 saturated heterocycles. The van der Waals surface area contributed by atoms with Gasteiger partial charge in [-0.25, -0.2) is 4.98 Å². The van der Waals surface area contributed by atoms with Gasteiger partial charge in [-0.15, -0.1) is 0 Å². The highest BCUT2D eigenvalue weighted by Gasteiger charge is 2.24. The van der Waals surface area contributed by atoms with E-state index in [1.807, 2.05) is 46.0 Å². The number of imidazole rings is 1. The van der Waals surface area contributed by atoms with Crippen molar-refractivity contribution in [2.45, 2.75) is 0 Å². The summed E-state index contributed by atoms with van der Waals surface area (Å²) in [6, 6.07) is 11.8. The molecular formula is C19H20N4O2. The number of nitrogens with zero attached hydrogens (tertiary/aromatic N) is 4. The Bertz CT molecular complexity index is 880. The summed E-state index contributed by atoms with van der Waals surface area (Å²) in [5.41, 5.74) is 2.53. The fourth-order valence-electron chi connectivity index (χ4n) is 3.25. The Balaban J connectivity index is 1.46. The van der Waals surface area contributed by atoms with Crippen LogP contribution in [-0.4, -0.2) is 53.5 Å². The van der Waals surface area contributed by atoms with Gasteiger partial charge in [0.1, 0.15) is 11.4 Å². The van der Waals surface area contributed by atoms with Crippen molar-refractivity contribution in [3.05, 3.63) is 60.6 Å². The minimum absolute atomic E-state index is 0.0474. The van der Waals surface area contributed by atoms with E-state index in [-0.39, 0.29) is 5.91 Å². The maximum atomic E-state index is 12.9. The number of piperazine rings is 1. The number of fused-ring (bicyclic) bond motifs is 1. The highest BCUT2D eigenvalue weighted by atomic mass is 16.5. The number of carbonyl (C=O) groups is 1. The summed E-state index contributed by atoms with van der Waals surface area (Å²) < 4.78 is 7.08. The smallest absolute Gasteiger partial charge is 0.257 e. The quantitative estimate of drug-likeness (QED) is 0.736. The van der Waals surface area contributed by atoms with Crippen molar-refractivity contribution in [1.82, 2.24) is 14.3 Å². The van der Waals surface area contributed by atoms with Gasteiger partial charge < -0.3 is 18.9 Å². The third-order valence-electron chi connectivity index (χ3n) is 4.65. The minimum Gasteiger partial charge on any atom is -0.497 e. The summed E-state index contributed by atoms with van der Waals surface area (Å²) in [5, 5.41) is 0. The Morgan fingerprint density at radius 3 is 2.52 bits per heavy atom. The molecule has 0 atom stereocenters. The lowest BCUT2D eigenvalue weighted by Gasteiger charge is -2.36. The van der Waals surface area contributed by atoms with E-state index in [0.717, 1.165) is 24.5 Å². The van der Waals surface area contributed by atoms with Crippen molar-refractivity contribution < 1.29 is 9.53 Å². The molecule has 0 N–H and O–H groups in total. The number of aromatic nitrogens is 2. The van der Waals surface area contributed by atoms with Crippen LogP contribution in [0.25, 0.3) is 5.65 Å². The number of ether oxygens (including phenoxy) is 1. The van der Waals surface area contributed by atoms with E-state index >= 15 is 0 Å². The Hall–Kier alpha value is -3.02. The average Bonchev–Trinajstić information content (AvgIpc) is 3.16. The highest BCUT2D eigenvalue weighted by molar-refractivity contribution is 5.99. The predicted molar refractivity (Wildman–Crippen MR) is 96.3 cm³/mol. The molecule has 1 fully saturated rings. The molecule has 4 rings (SSSR count). The van der Waals surface area contributed by atoms with Gasteiger partial charge in [0.05, 0.1) is 12.7 Å². The van der Waals surface area contributed by atoms with Gasteiger partial charge in [-0.2, -0.15) is 0 Å². The molecule has 0 bridgehead atoms. The molecule has 1 aliphatic rings. The second kappa shape index (κ2) is 6.47. The number of hydrogen-bond acceptors (Lipinski definition) is 4. The molecule has 0 spiro atoms. The van der Waals surface area contributed by atoms with Crippen molar-refractivity contribution in [2.24, 2.45) is 0 Å². The number of pyridine rings is 1. The van der Waals surface area contributed by atoms with Gasteiger partial charge in [-0.05, 0) is 36.4 Å². The number of carbonyl (C=O) groups excluding carboxylic acids is 1. The van der Waals surface area contributed by atoms with E-state index in [2.05, 4.69) is 22.0 Å². The highest BCUT2D eigenvalue weighted by Crippen LogP contribution is 2.21. The number of rotatable bonds is 3. The number of anilines is 1. The number of amides is 1. The first-order valence-electron chi connectivity index (χ1n) is 8.36. The first-order valence-corrected chi connectivity index (χ1v) is 8.36. The Morgan fingerprint density at radius 1 is 1.04 bits per heavy atom. The van der Waals surface area contributed by atoms with Crippen molar-refractivity contribution in [2.75, 3.05) is 38.2 Å². The second-order valence-electron chi connectivity index (χ2n) is 6.06. The molecule has 3 aromatic rings. The van der Waals surface area contributed by atoms with Gasteiger partial charge in [0.15, 0.2) is 0 Å². The monoisotopic (exact) mass is 336 g/mol. The molecule has 0 saturated carbocycles. The zero-order chi connectivity index (χ0) is 17.2. The van der Waals surface area contributed by atoms with Crippen LogP contribution in [0, 0.1) is 0 Å². The third kappa shape index (κ3) is 2.91. The number of methoxy groups -OCH3 is 1. The maximum absolute atomic E-state index is 12.9. The summed E-state index contributed by atoms with van der Waals surface area (Å²) in [6.45, 7) is 3.03. The standard InChI is InChI=1S/C19H20N4O2/c1-25-16-6-4-15(5-7-16)21-11-13-23(14-12-21)19(24)17-3-2-9-22-10-8-20-18(17)22/h2-10H,11-14H2,1H3. The maximum Gasteiger partial charge on any atom is 0.257 e. The summed E-state index contributed by atoms with van der Waals surface area (Å²) >= 11 is 0. The van der Waals surface area contributed by atoms with Gasteiger partial charge in [0, 0.05) is 50.5 Å². The molecule has 1 aliphatic heterocycles. The molecule has 0 unspecified atom stereocenters. The van der Waals surface area contributed by atoms with E-state index in [4.69, 9.17) is 4.74 Å². The Kier molecular flexibility index (Phi) is 4.01. The van der Waals surface area contributed by atoms with Crippen LogP contribution < -0.4 is 9.64 Å². The predicted octanol–water partition coefficient (Wildman–Crippen LogP) is 2.31. The molecule has 3 heterocycles. The average molecular weight is 336 g/mol. The zero-order valence-corrected chi connectivity index (χ0v) is 14.1. The SMILES string of the molecule is COc1ccc(N2CCN(C(=O)c3cccn4ccnc34)CC2)cc1. The van der Waals surface area contributed by atoms with Crippen LogP contribution in [0.2, 0.25) is 0 Å². The van der Waals surface area contributed by atoms with Gasteiger partial charge in [-0.3, -0.25) is 4.79 Å². The minimum atomic E-state index is 0.0474. The molecule has 1 amide bonds. The number of benzene rings is 1. The van der Waals surface area contributed by atoms with Crippen LogP contribution in [0.3, 0.4) is 0 Å². The second-order valence-corrected chi connectivity index (χ2v) is 6.06. The Morgan fingerprint density at radius 2 is 1.80 bits per heavy atom. The normalized spacial score (nSPS) is 14.8. The van der Waals surface area contributed by atoms with Crippen LogP contribution in [0.5, 0.6) is 5.75 Å². The molecular weight excluding hydrogens is 316 g/mol. The van der Waals surface area contributed by atoms with E-state index in [0.29, 0.717) is 24.3 Å². The zero-order valence-electron chi connectivity index (χ0n) is 14.1. The summed E-state index contributed by atoms with van der Waals surface area (Å²) in [5.74, 6) is 0.900. The topological polar surface area (TPSA) is 50.1 Å². The third-order valence-corrected chi connectivity index (χ3v) is 4.65. The van der Waals surface area contributed by atoms with Gasteiger partial charge in [0.2, 0.25) is 0 Å². The largest absolute Gasteiger partial charge is 0.497 e. The van der Waals surface area contributed by atoms with Crippen LogP contribution in [0.4, 0.5) is 5.69 Å². The van der Waals surface area contributed by atoms with Crippen LogP contribution in [0.1, 0.15) is 10.4 Å². The lowest BCUT2D eigenvalue weighted by atomic mass is 10.2. The number of hydrogen-bond donors (Lipinski definition) is 0. The molecule has 1 aromatic carbocycles. The summed E-state index contributed by atoms with van der Waals surface area (Å²) in [6.07, 6.45) is 5.47. The van der Waals surface area contributed by atoms with Gasteiger partial charge in [0.25, 0.3) is 5.91 Å². The fraction of sp³-hybridized carbons (Fsp3) is 0.263. The molecule has 0 aliphatic carbocycles. The lowest BCUT2D eigenvalue weighted by molar-refractivity contribution is 0.0748. The van der Waals surface area contributed by atoms with Crippen molar-refractivity contribution in [1.29, 1.82) is 0 Å². The lowest BCUT2D eigenvalue weighted by Crippen LogP contribution is -2.48. The fourth-order valence-corrected chi connectivity index (χ4v) is 3.25. The Labute approximate surface area is 146 Å². The van der Waals surface area contributed by atoms with Gasteiger partial charge in [-0.1, -0.05) is 0 Å². The molecule has 128 valence electrons. The van der Waals surface area contributed by atoms with Crippen LogP contribution in [0.15, 0.2) is 55.0 Å². The van der Waals surface area contributed by atoms with E-state index in [1.165, 1.54) is 0 Å². The molecule has 2 aromatic heterocycles. The van der Waals surface area contributed by atoms with Crippen molar-refractivity contribution in [3.63, 3.8) is 0 Å². The van der Waals surface area contributed by atoms with E-state index in [1.54, 1.807) is 13.3 Å². The van der Waals surface area contributed by atoms with Crippen LogP contribution in [-0.2, 0) is 0 Å². The summed E-state index contributed by atoms with van der Waals surface area (Å²) in [7, 11) is 1.67. The molecule has 0 radical (unpaired) electrons. The van der Waals surface area contributed by atoms with Crippen molar-refractivity contribution in [3.8, 4) is 5.75 Å².